The summed E-state index contributed by atoms with van der Waals surface area (Å²) in [4.78, 5) is 16.5. The molecule has 0 bridgehead atoms. The Morgan fingerprint density at radius 3 is 2.89 bits per heavy atom. The molecule has 0 atom stereocenters. The summed E-state index contributed by atoms with van der Waals surface area (Å²) in [5, 5.41) is 11.6. The van der Waals surface area contributed by atoms with Crippen molar-refractivity contribution in [3.63, 3.8) is 0 Å². The number of carbonyl (C=O) groups excluding carboxylic acids is 1. The van der Waals surface area contributed by atoms with Crippen LogP contribution in [0.1, 0.15) is 38.5 Å². The number of halogens is 1. The molecule has 2 aliphatic heterocycles. The van der Waals surface area contributed by atoms with E-state index in [1.54, 1.807) is 12.1 Å². The van der Waals surface area contributed by atoms with E-state index < -0.39 is 0 Å². The van der Waals surface area contributed by atoms with E-state index >= 15 is 0 Å². The lowest BCUT2D eigenvalue weighted by atomic mass is 9.82. The first kappa shape index (κ1) is 19.5. The SMILES string of the molecule is O=C(NCCO)c1cc2c(s1)CCOC21CCN(Cc2cccc(F)c2)CC1. The summed E-state index contributed by atoms with van der Waals surface area (Å²) in [7, 11) is 0. The summed E-state index contributed by atoms with van der Waals surface area (Å²) < 4.78 is 19.7. The number of hydrogen-bond donors (Lipinski definition) is 2. The Hall–Kier alpha value is -1.80. The number of carbonyl (C=O) groups is 1. The first-order valence-corrected chi connectivity index (χ1v) is 10.5. The van der Waals surface area contributed by atoms with E-state index in [1.807, 2.05) is 12.1 Å². The summed E-state index contributed by atoms with van der Waals surface area (Å²) in [6.45, 7) is 3.35. The van der Waals surface area contributed by atoms with E-state index in [1.165, 1.54) is 22.3 Å². The fourth-order valence-corrected chi connectivity index (χ4v) is 5.31. The molecule has 2 aliphatic rings. The molecule has 4 rings (SSSR count). The Morgan fingerprint density at radius 2 is 2.14 bits per heavy atom. The minimum Gasteiger partial charge on any atom is -0.395 e. The molecule has 28 heavy (non-hydrogen) atoms. The summed E-state index contributed by atoms with van der Waals surface area (Å²) in [5.74, 6) is -0.330. The third-order valence-electron chi connectivity index (χ3n) is 5.59. The third kappa shape index (κ3) is 3.98. The molecule has 1 amide bonds. The van der Waals surface area contributed by atoms with Gasteiger partial charge >= 0.3 is 0 Å². The number of aliphatic hydroxyl groups excluding tert-OH is 1. The second-order valence-corrected chi connectivity index (χ2v) is 8.56. The number of hydrogen-bond acceptors (Lipinski definition) is 5. The zero-order valence-electron chi connectivity index (χ0n) is 15.7. The molecule has 2 aromatic rings. The average molecular weight is 405 g/mol. The van der Waals surface area contributed by atoms with E-state index in [0.717, 1.165) is 50.0 Å². The van der Waals surface area contributed by atoms with Gasteiger partial charge in [0.05, 0.1) is 23.7 Å². The Kier molecular flexibility index (Phi) is 5.78. The highest BCUT2D eigenvalue weighted by Gasteiger charge is 2.42. The van der Waals surface area contributed by atoms with Crippen LogP contribution >= 0.6 is 11.3 Å². The molecule has 2 N–H and O–H groups in total. The molecule has 0 unspecified atom stereocenters. The smallest absolute Gasteiger partial charge is 0.261 e. The van der Waals surface area contributed by atoms with Crippen LogP contribution in [-0.4, -0.2) is 48.8 Å². The second-order valence-electron chi connectivity index (χ2n) is 7.43. The molecular formula is C21H25FN2O3S. The Bertz CT molecular complexity index is 846. The van der Waals surface area contributed by atoms with Crippen LogP contribution in [0.2, 0.25) is 0 Å². The molecule has 7 heteroatoms. The minimum atomic E-state index is -0.321. The first-order chi connectivity index (χ1) is 13.6. The van der Waals surface area contributed by atoms with Crippen molar-refractivity contribution in [1.82, 2.24) is 10.2 Å². The highest BCUT2D eigenvalue weighted by atomic mass is 32.1. The van der Waals surface area contributed by atoms with Crippen LogP contribution in [0, 0.1) is 5.82 Å². The third-order valence-corrected chi connectivity index (χ3v) is 6.78. The van der Waals surface area contributed by atoms with Gasteiger partial charge in [-0.3, -0.25) is 9.69 Å². The molecule has 0 saturated carbocycles. The number of likely N-dealkylation sites (tertiary alicyclic amines) is 1. The number of benzene rings is 1. The van der Waals surface area contributed by atoms with Crippen LogP contribution < -0.4 is 5.32 Å². The van der Waals surface area contributed by atoms with E-state index in [0.29, 0.717) is 11.5 Å². The fourth-order valence-electron chi connectivity index (χ4n) is 4.16. The monoisotopic (exact) mass is 404 g/mol. The Balaban J connectivity index is 1.46. The van der Waals surface area contributed by atoms with E-state index in [9.17, 15) is 9.18 Å². The van der Waals surface area contributed by atoms with Crippen molar-refractivity contribution in [3.05, 3.63) is 57.0 Å². The van der Waals surface area contributed by atoms with Gasteiger partial charge in [-0.05, 0) is 42.2 Å². The van der Waals surface area contributed by atoms with Crippen molar-refractivity contribution in [3.8, 4) is 0 Å². The Labute approximate surface area is 168 Å². The van der Waals surface area contributed by atoms with Crippen LogP contribution in [0.3, 0.4) is 0 Å². The van der Waals surface area contributed by atoms with E-state index in [2.05, 4.69) is 10.2 Å². The normalized spacial score (nSPS) is 18.8. The fraction of sp³-hybridized carbons (Fsp3) is 0.476. The van der Waals surface area contributed by atoms with Gasteiger partial charge in [0.15, 0.2) is 0 Å². The van der Waals surface area contributed by atoms with Crippen LogP contribution in [-0.2, 0) is 23.3 Å². The van der Waals surface area contributed by atoms with Gasteiger partial charge in [-0.25, -0.2) is 4.39 Å². The largest absolute Gasteiger partial charge is 0.395 e. The maximum absolute atomic E-state index is 13.4. The summed E-state index contributed by atoms with van der Waals surface area (Å²) in [6.07, 6.45) is 2.57. The number of ether oxygens (including phenoxy) is 1. The standard InChI is InChI=1S/C21H25FN2O3S/c22-16-3-1-2-15(12-16)14-24-8-5-21(6-9-24)17-13-19(20(26)23-7-10-25)28-18(17)4-11-27-21/h1-3,12-13,25H,4-11,14H2,(H,23,26). The maximum atomic E-state index is 13.4. The van der Waals surface area contributed by atoms with Crippen molar-refractivity contribution in [2.45, 2.75) is 31.4 Å². The predicted molar refractivity (Wildman–Crippen MR) is 106 cm³/mol. The molecule has 150 valence electrons. The van der Waals surface area contributed by atoms with Gasteiger partial charge in [-0.1, -0.05) is 12.1 Å². The molecule has 0 radical (unpaired) electrons. The molecule has 1 fully saturated rings. The molecule has 1 aromatic carbocycles. The maximum Gasteiger partial charge on any atom is 0.261 e. The van der Waals surface area contributed by atoms with Gasteiger partial charge in [0.25, 0.3) is 5.91 Å². The molecule has 5 nitrogen and oxygen atoms in total. The van der Waals surface area contributed by atoms with Gasteiger partial charge in [0, 0.05) is 37.5 Å². The molecule has 1 aromatic heterocycles. The van der Waals surface area contributed by atoms with Crippen LogP contribution in [0.15, 0.2) is 30.3 Å². The number of amides is 1. The summed E-state index contributed by atoms with van der Waals surface area (Å²) >= 11 is 1.54. The predicted octanol–water partition coefficient (Wildman–Crippen LogP) is 2.67. The average Bonchev–Trinajstić information content (AvgIpc) is 3.14. The zero-order chi connectivity index (χ0) is 19.6. The molecule has 1 spiro atoms. The number of nitrogens with zero attached hydrogens (tertiary/aromatic N) is 1. The van der Waals surface area contributed by atoms with Gasteiger partial charge in [-0.2, -0.15) is 0 Å². The number of fused-ring (bicyclic) bond motifs is 2. The molecular weight excluding hydrogens is 379 g/mol. The lowest BCUT2D eigenvalue weighted by Gasteiger charge is -2.44. The van der Waals surface area contributed by atoms with Gasteiger partial charge in [0.2, 0.25) is 0 Å². The molecule has 0 aliphatic carbocycles. The van der Waals surface area contributed by atoms with Gasteiger partial charge in [-0.15, -0.1) is 11.3 Å². The van der Waals surface area contributed by atoms with Crippen molar-refractivity contribution in [2.24, 2.45) is 0 Å². The van der Waals surface area contributed by atoms with Crippen molar-refractivity contribution < 1.29 is 19.0 Å². The quantitative estimate of drug-likeness (QED) is 0.804. The topological polar surface area (TPSA) is 61.8 Å². The number of nitrogens with one attached hydrogen (secondary N) is 1. The highest BCUT2D eigenvalue weighted by Crippen LogP contribution is 2.44. The van der Waals surface area contributed by atoms with Gasteiger partial charge in [0.1, 0.15) is 5.82 Å². The molecule has 1 saturated heterocycles. The van der Waals surface area contributed by atoms with Crippen LogP contribution in [0.4, 0.5) is 4.39 Å². The van der Waals surface area contributed by atoms with Crippen LogP contribution in [0.25, 0.3) is 0 Å². The van der Waals surface area contributed by atoms with E-state index in [-0.39, 0.29) is 30.5 Å². The Morgan fingerprint density at radius 1 is 1.32 bits per heavy atom. The summed E-state index contributed by atoms with van der Waals surface area (Å²) in [6, 6.07) is 8.75. The second kappa shape index (κ2) is 8.29. The van der Waals surface area contributed by atoms with Crippen molar-refractivity contribution in [2.75, 3.05) is 32.8 Å². The minimum absolute atomic E-state index is 0.0645. The molecule has 3 heterocycles. The first-order valence-electron chi connectivity index (χ1n) is 9.73. The number of aliphatic hydroxyl groups is 1. The zero-order valence-corrected chi connectivity index (χ0v) is 16.6. The number of piperidine rings is 1. The lowest BCUT2D eigenvalue weighted by Crippen LogP contribution is -2.45. The highest BCUT2D eigenvalue weighted by molar-refractivity contribution is 7.14. The number of thiophene rings is 1. The summed E-state index contributed by atoms with van der Waals surface area (Å²) in [5.41, 5.74) is 1.82. The van der Waals surface area contributed by atoms with Crippen molar-refractivity contribution in [1.29, 1.82) is 0 Å². The number of rotatable bonds is 5. The van der Waals surface area contributed by atoms with Crippen LogP contribution in [0.5, 0.6) is 0 Å². The van der Waals surface area contributed by atoms with Gasteiger partial charge < -0.3 is 15.2 Å². The van der Waals surface area contributed by atoms with Crippen molar-refractivity contribution >= 4 is 17.2 Å². The lowest BCUT2D eigenvalue weighted by molar-refractivity contribution is -0.0980. The van der Waals surface area contributed by atoms with E-state index in [4.69, 9.17) is 9.84 Å².